The van der Waals surface area contributed by atoms with Crippen LogP contribution in [0.25, 0.3) is 0 Å². The summed E-state index contributed by atoms with van der Waals surface area (Å²) in [6, 6.07) is 9.03. The number of anilines is 4. The third-order valence-corrected chi connectivity index (χ3v) is 4.53. The van der Waals surface area contributed by atoms with Crippen LogP contribution in [0, 0.1) is 18.2 Å². The van der Waals surface area contributed by atoms with Crippen LogP contribution in [-0.2, 0) is 11.3 Å². The summed E-state index contributed by atoms with van der Waals surface area (Å²) < 4.78 is 18.9. The van der Waals surface area contributed by atoms with E-state index in [-0.39, 0.29) is 40.3 Å². The Morgan fingerprint density at radius 1 is 1.23 bits per heavy atom. The maximum atomic E-state index is 13.9. The van der Waals surface area contributed by atoms with Gasteiger partial charge in [0.15, 0.2) is 23.3 Å². The van der Waals surface area contributed by atoms with Gasteiger partial charge in [0.1, 0.15) is 23.0 Å². The summed E-state index contributed by atoms with van der Waals surface area (Å²) in [5.74, 6) is -0.188. The van der Waals surface area contributed by atoms with Crippen molar-refractivity contribution in [1.29, 1.82) is 5.41 Å². The molecule has 0 aliphatic rings. The van der Waals surface area contributed by atoms with E-state index in [0.717, 1.165) is 17.3 Å². The smallest absolute Gasteiger partial charge is 0.183 e. The van der Waals surface area contributed by atoms with E-state index in [1.54, 1.807) is 0 Å². The first-order valence-corrected chi connectivity index (χ1v) is 9.26. The van der Waals surface area contributed by atoms with Crippen molar-refractivity contribution >= 4 is 28.9 Å². The highest BCUT2D eigenvalue weighted by Gasteiger charge is 2.19. The number of aryl methyl sites for hydroxylation is 1. The van der Waals surface area contributed by atoms with Gasteiger partial charge in [-0.3, -0.25) is 5.41 Å². The Morgan fingerprint density at radius 2 is 1.90 bits per heavy atom. The topological polar surface area (TPSA) is 148 Å². The predicted octanol–water partition coefficient (Wildman–Crippen LogP) is 3.04. The number of ether oxygens (including phenoxy) is 1. The lowest BCUT2D eigenvalue weighted by Crippen LogP contribution is -2.17. The molecule has 3 rings (SSSR count). The fourth-order valence-corrected chi connectivity index (χ4v) is 2.81. The molecule has 10 heteroatoms. The lowest BCUT2D eigenvalue weighted by molar-refractivity contribution is 0.299. The molecule has 0 unspecified atom stereocenters. The number of nitrogens with one attached hydrogen (secondary N) is 3. The van der Waals surface area contributed by atoms with Crippen molar-refractivity contribution in [2.75, 3.05) is 29.2 Å². The molecule has 0 radical (unpaired) electrons. The van der Waals surface area contributed by atoms with Crippen LogP contribution < -0.4 is 22.1 Å². The highest BCUT2D eigenvalue weighted by molar-refractivity contribution is 6.12. The molecular weight excluding hydrogens is 399 g/mol. The molecule has 3 aromatic rings. The molecule has 31 heavy (non-hydrogen) atoms. The molecule has 9 nitrogen and oxygen atoms in total. The number of nitrogen functional groups attached to an aromatic ring is 2. The van der Waals surface area contributed by atoms with Crippen LogP contribution >= 0.6 is 0 Å². The van der Waals surface area contributed by atoms with E-state index in [1.807, 2.05) is 31.2 Å². The molecule has 0 atom stereocenters. The molecule has 0 spiro atoms. The average molecular weight is 422 g/mol. The van der Waals surface area contributed by atoms with Crippen molar-refractivity contribution in [1.82, 2.24) is 15.0 Å². The van der Waals surface area contributed by atoms with Gasteiger partial charge in [-0.1, -0.05) is 24.3 Å². The van der Waals surface area contributed by atoms with Crippen LogP contribution in [0.2, 0.25) is 0 Å². The van der Waals surface area contributed by atoms with Gasteiger partial charge in [0.05, 0.1) is 13.3 Å². The van der Waals surface area contributed by atoms with Gasteiger partial charge in [-0.25, -0.2) is 19.3 Å². The minimum Gasteiger partial charge on any atom is -0.483 e. The molecular formula is C21H23FN8O. The quantitative estimate of drug-likeness (QED) is 0.275. The maximum Gasteiger partial charge on any atom is 0.183 e. The van der Waals surface area contributed by atoms with Gasteiger partial charge in [-0.05, 0) is 30.7 Å². The van der Waals surface area contributed by atoms with E-state index >= 15 is 0 Å². The molecule has 2 aromatic heterocycles. The number of pyridine rings is 1. The van der Waals surface area contributed by atoms with Crippen molar-refractivity contribution in [3.8, 4) is 0 Å². The summed E-state index contributed by atoms with van der Waals surface area (Å²) in [6.07, 6.45) is 1.07. The van der Waals surface area contributed by atoms with Crippen LogP contribution in [0.1, 0.15) is 22.5 Å². The van der Waals surface area contributed by atoms with Crippen molar-refractivity contribution in [2.45, 2.75) is 13.5 Å². The molecule has 0 fully saturated rings. The van der Waals surface area contributed by atoms with Gasteiger partial charge < -0.3 is 26.8 Å². The zero-order valence-corrected chi connectivity index (χ0v) is 17.2. The third kappa shape index (κ3) is 4.86. The Morgan fingerprint density at radius 3 is 2.55 bits per heavy atom. The van der Waals surface area contributed by atoms with Crippen LogP contribution in [0.4, 0.5) is 27.5 Å². The summed E-state index contributed by atoms with van der Waals surface area (Å²) in [5, 5.41) is 14.4. The number of hydrogen-bond donors (Lipinski definition) is 5. The molecule has 2 heterocycles. The van der Waals surface area contributed by atoms with Crippen molar-refractivity contribution in [3.05, 3.63) is 77.3 Å². The number of benzene rings is 1. The minimum absolute atomic E-state index is 0.00997. The highest BCUT2D eigenvalue weighted by atomic mass is 19.1. The van der Waals surface area contributed by atoms with Crippen LogP contribution in [0.3, 0.4) is 0 Å². The van der Waals surface area contributed by atoms with Gasteiger partial charge in [-0.2, -0.15) is 0 Å². The monoisotopic (exact) mass is 422 g/mol. The second-order valence-corrected chi connectivity index (χ2v) is 6.65. The van der Waals surface area contributed by atoms with Gasteiger partial charge in [0, 0.05) is 12.1 Å². The standard InChI is InChI=1S/C21H23FN8O/c1-11-6-4-5-7-13(11)9-26-20-15(8-14(22)10-27-20)16(23)21-29-18(24)17(19(25)30-21)28-12(2)31-3/h4-8,10,23,28H,2,9H2,1,3H3,(H,26,27)(H4,24,25,29,30). The first kappa shape index (κ1) is 21.5. The fraction of sp³-hybridized carbons (Fsp3) is 0.143. The van der Waals surface area contributed by atoms with E-state index in [1.165, 1.54) is 13.2 Å². The molecule has 0 saturated heterocycles. The second-order valence-electron chi connectivity index (χ2n) is 6.65. The first-order chi connectivity index (χ1) is 14.8. The third-order valence-electron chi connectivity index (χ3n) is 4.53. The van der Waals surface area contributed by atoms with Crippen LogP contribution in [-0.4, -0.2) is 27.8 Å². The van der Waals surface area contributed by atoms with E-state index in [4.69, 9.17) is 21.6 Å². The largest absolute Gasteiger partial charge is 0.483 e. The molecule has 0 aliphatic heterocycles. The summed E-state index contributed by atoms with van der Waals surface area (Å²) in [7, 11) is 1.43. The molecule has 1 aromatic carbocycles. The Bertz CT molecular complexity index is 1120. The number of methoxy groups -OCH3 is 1. The lowest BCUT2D eigenvalue weighted by atomic mass is 10.1. The molecule has 160 valence electrons. The number of nitrogens with two attached hydrogens (primary N) is 2. The molecule has 7 N–H and O–H groups in total. The summed E-state index contributed by atoms with van der Waals surface area (Å²) >= 11 is 0. The van der Waals surface area contributed by atoms with Crippen molar-refractivity contribution in [2.24, 2.45) is 0 Å². The normalized spacial score (nSPS) is 10.4. The number of nitrogens with zero attached hydrogens (tertiary/aromatic N) is 3. The van der Waals surface area contributed by atoms with Gasteiger partial charge in [0.2, 0.25) is 0 Å². The maximum absolute atomic E-state index is 13.9. The highest BCUT2D eigenvalue weighted by Crippen LogP contribution is 2.26. The Balaban J connectivity index is 1.92. The molecule has 0 amide bonds. The number of rotatable bonds is 8. The fourth-order valence-electron chi connectivity index (χ4n) is 2.81. The lowest BCUT2D eigenvalue weighted by Gasteiger charge is -2.15. The minimum atomic E-state index is -0.600. The van der Waals surface area contributed by atoms with Crippen LogP contribution in [0.15, 0.2) is 49.0 Å². The summed E-state index contributed by atoms with van der Waals surface area (Å²) in [5.41, 5.74) is 14.3. The average Bonchev–Trinajstić information content (AvgIpc) is 2.75. The zero-order chi connectivity index (χ0) is 22.5. The zero-order valence-electron chi connectivity index (χ0n) is 17.2. The predicted molar refractivity (Wildman–Crippen MR) is 119 cm³/mol. The first-order valence-electron chi connectivity index (χ1n) is 9.26. The van der Waals surface area contributed by atoms with Crippen molar-refractivity contribution in [3.63, 3.8) is 0 Å². The SMILES string of the molecule is C=C(Nc1c(N)nc(C(=N)c2cc(F)cnc2NCc2ccccc2C)nc1N)OC. The number of aromatic nitrogens is 3. The van der Waals surface area contributed by atoms with E-state index < -0.39 is 5.82 Å². The second kappa shape index (κ2) is 9.08. The Kier molecular flexibility index (Phi) is 6.29. The summed E-state index contributed by atoms with van der Waals surface area (Å²) in [6.45, 7) is 6.06. The van der Waals surface area contributed by atoms with E-state index in [2.05, 4.69) is 32.2 Å². The molecule has 0 saturated carbocycles. The van der Waals surface area contributed by atoms with Gasteiger partial charge in [-0.15, -0.1) is 0 Å². The number of halogens is 1. The van der Waals surface area contributed by atoms with Gasteiger partial charge >= 0.3 is 0 Å². The van der Waals surface area contributed by atoms with Gasteiger partial charge in [0.25, 0.3) is 0 Å². The molecule has 0 aliphatic carbocycles. The number of hydrogen-bond acceptors (Lipinski definition) is 9. The van der Waals surface area contributed by atoms with E-state index in [0.29, 0.717) is 12.4 Å². The Labute approximate surface area is 178 Å². The summed E-state index contributed by atoms with van der Waals surface area (Å²) in [4.78, 5) is 12.3. The Hall–Kier alpha value is -4.21. The van der Waals surface area contributed by atoms with Crippen LogP contribution in [0.5, 0.6) is 0 Å². The van der Waals surface area contributed by atoms with Crippen molar-refractivity contribution < 1.29 is 9.13 Å². The molecule has 0 bridgehead atoms. The van der Waals surface area contributed by atoms with E-state index in [9.17, 15) is 4.39 Å².